The first-order valence-corrected chi connectivity index (χ1v) is 2.74. The van der Waals surface area contributed by atoms with Crippen LogP contribution in [0, 0.1) is 0 Å². The lowest BCUT2D eigenvalue weighted by Crippen LogP contribution is -2.22. The van der Waals surface area contributed by atoms with Crippen molar-refractivity contribution in [3.8, 4) is 0 Å². The van der Waals surface area contributed by atoms with E-state index in [1.54, 1.807) is 0 Å². The van der Waals surface area contributed by atoms with E-state index in [1.165, 1.54) is 4.58 Å². The zero-order chi connectivity index (χ0) is 7.72. The summed E-state index contributed by atoms with van der Waals surface area (Å²) in [5, 5.41) is 2.72. The Hall–Kier alpha value is -1.52. The molecule has 0 radical (unpaired) electrons. The average Bonchev–Trinajstić information content (AvgIpc) is 2.11. The van der Waals surface area contributed by atoms with Gasteiger partial charge in [-0.25, -0.2) is 0 Å². The van der Waals surface area contributed by atoms with Gasteiger partial charge in [0.25, 0.3) is 0 Å². The minimum absolute atomic E-state index is 0.250. The van der Waals surface area contributed by atoms with Crippen LogP contribution in [-0.4, -0.2) is 23.9 Å². The Balaban J connectivity index is 2.99. The zero-order valence-corrected chi connectivity index (χ0v) is 5.42. The molecule has 1 amide bonds. The SMILES string of the molecule is C=[N+]1CNC(N)=C1C(N)=O. The van der Waals surface area contributed by atoms with Crippen molar-refractivity contribution in [3.63, 3.8) is 0 Å². The van der Waals surface area contributed by atoms with Gasteiger partial charge in [0.1, 0.15) is 6.72 Å². The topological polar surface area (TPSA) is 84.2 Å². The molecule has 0 aromatic carbocycles. The van der Waals surface area contributed by atoms with Gasteiger partial charge in [0.2, 0.25) is 6.67 Å². The summed E-state index contributed by atoms with van der Waals surface area (Å²) < 4.78 is 1.41. The van der Waals surface area contributed by atoms with E-state index in [4.69, 9.17) is 11.5 Å². The third-order valence-electron chi connectivity index (χ3n) is 1.27. The van der Waals surface area contributed by atoms with Crippen LogP contribution >= 0.6 is 0 Å². The molecule has 0 aliphatic carbocycles. The fraction of sp³-hybridized carbons (Fsp3) is 0.200. The van der Waals surface area contributed by atoms with E-state index in [-0.39, 0.29) is 5.70 Å². The van der Waals surface area contributed by atoms with Crippen molar-refractivity contribution in [2.45, 2.75) is 0 Å². The van der Waals surface area contributed by atoms with Crippen LogP contribution in [0.15, 0.2) is 11.5 Å². The highest BCUT2D eigenvalue weighted by molar-refractivity contribution is 5.90. The van der Waals surface area contributed by atoms with Gasteiger partial charge in [-0.1, -0.05) is 0 Å². The number of nitrogens with two attached hydrogens (primary N) is 2. The summed E-state index contributed by atoms with van der Waals surface area (Å²) >= 11 is 0. The van der Waals surface area contributed by atoms with Crippen LogP contribution in [0.4, 0.5) is 0 Å². The summed E-state index contributed by atoms with van der Waals surface area (Å²) in [6.45, 7) is 3.96. The van der Waals surface area contributed by atoms with Gasteiger partial charge in [0.05, 0.1) is 0 Å². The molecule has 0 saturated heterocycles. The second kappa shape index (κ2) is 2.02. The third kappa shape index (κ3) is 0.812. The van der Waals surface area contributed by atoms with Crippen LogP contribution in [0.25, 0.3) is 0 Å². The Morgan fingerprint density at radius 1 is 1.80 bits per heavy atom. The summed E-state index contributed by atoms with van der Waals surface area (Å²) in [5.41, 5.74) is 10.6. The molecule has 0 unspecified atom stereocenters. The fourth-order valence-electron chi connectivity index (χ4n) is 0.802. The summed E-state index contributed by atoms with van der Waals surface area (Å²) in [4.78, 5) is 10.6. The summed E-state index contributed by atoms with van der Waals surface area (Å²) in [7, 11) is 0. The number of nitrogens with zero attached hydrogens (tertiary/aromatic N) is 1. The van der Waals surface area contributed by atoms with Gasteiger partial charge in [-0.15, -0.1) is 0 Å². The molecule has 10 heavy (non-hydrogen) atoms. The zero-order valence-electron chi connectivity index (χ0n) is 5.42. The Morgan fingerprint density at radius 2 is 2.40 bits per heavy atom. The number of carbonyl (C=O) groups excluding carboxylic acids is 1. The minimum Gasteiger partial charge on any atom is -0.380 e. The summed E-state index contributed by atoms with van der Waals surface area (Å²) in [6, 6.07) is 0. The molecule has 0 bridgehead atoms. The fourth-order valence-corrected chi connectivity index (χ4v) is 0.802. The molecule has 0 spiro atoms. The van der Waals surface area contributed by atoms with Crippen LogP contribution in [0.2, 0.25) is 0 Å². The largest absolute Gasteiger partial charge is 0.380 e. The maximum atomic E-state index is 10.6. The lowest BCUT2D eigenvalue weighted by molar-refractivity contribution is -0.454. The molecule has 1 heterocycles. The van der Waals surface area contributed by atoms with E-state index in [1.807, 2.05) is 0 Å². The lowest BCUT2D eigenvalue weighted by atomic mass is 10.4. The highest BCUT2D eigenvalue weighted by Gasteiger charge is 2.27. The standard InChI is InChI=1S/C5H8N4O/c1-9-2-8-4(6)3(9)5(7)10/h1-2H2,(H4-,6,7,8,10)/p+1. The van der Waals surface area contributed by atoms with Crippen LogP contribution in [0.3, 0.4) is 0 Å². The molecule has 1 aliphatic rings. The molecular formula is C5H9N4O+. The Kier molecular flexibility index (Phi) is 1.33. The minimum atomic E-state index is -0.558. The maximum Gasteiger partial charge on any atom is 0.317 e. The second-order valence-electron chi connectivity index (χ2n) is 2.00. The van der Waals surface area contributed by atoms with Crippen molar-refractivity contribution in [1.82, 2.24) is 5.32 Å². The summed E-state index contributed by atoms with van der Waals surface area (Å²) in [6.07, 6.45) is 0. The van der Waals surface area contributed by atoms with Crippen LogP contribution in [-0.2, 0) is 4.79 Å². The van der Waals surface area contributed by atoms with Crippen LogP contribution in [0.1, 0.15) is 0 Å². The first kappa shape index (κ1) is 6.60. The third-order valence-corrected chi connectivity index (χ3v) is 1.27. The maximum absolute atomic E-state index is 10.6. The molecule has 1 rings (SSSR count). The monoisotopic (exact) mass is 141 g/mol. The van der Waals surface area contributed by atoms with Gasteiger partial charge in [0, 0.05) is 0 Å². The predicted molar refractivity (Wildman–Crippen MR) is 35.8 cm³/mol. The van der Waals surface area contributed by atoms with E-state index in [0.717, 1.165) is 0 Å². The predicted octanol–water partition coefficient (Wildman–Crippen LogP) is -2.13. The highest BCUT2D eigenvalue weighted by atomic mass is 16.1. The lowest BCUT2D eigenvalue weighted by Gasteiger charge is -1.88. The van der Waals surface area contributed by atoms with Crippen molar-refractivity contribution in [2.24, 2.45) is 11.5 Å². The normalized spacial score (nSPS) is 17.4. The van der Waals surface area contributed by atoms with E-state index >= 15 is 0 Å². The van der Waals surface area contributed by atoms with Crippen molar-refractivity contribution in [2.75, 3.05) is 6.67 Å². The molecule has 0 aromatic heterocycles. The van der Waals surface area contributed by atoms with Crippen LogP contribution < -0.4 is 16.8 Å². The first-order valence-electron chi connectivity index (χ1n) is 2.74. The van der Waals surface area contributed by atoms with E-state index in [0.29, 0.717) is 12.5 Å². The molecule has 54 valence electrons. The van der Waals surface area contributed by atoms with Crippen molar-refractivity contribution in [3.05, 3.63) is 11.5 Å². The van der Waals surface area contributed by atoms with Crippen molar-refractivity contribution >= 4 is 12.6 Å². The van der Waals surface area contributed by atoms with Gasteiger partial charge in [-0.2, -0.15) is 4.58 Å². The second-order valence-corrected chi connectivity index (χ2v) is 2.00. The number of nitrogens with one attached hydrogen (secondary N) is 1. The molecule has 5 heteroatoms. The first-order chi connectivity index (χ1) is 4.63. The van der Waals surface area contributed by atoms with E-state index in [2.05, 4.69) is 12.0 Å². The van der Waals surface area contributed by atoms with E-state index in [9.17, 15) is 4.79 Å². The smallest absolute Gasteiger partial charge is 0.317 e. The molecule has 1 aliphatic heterocycles. The van der Waals surface area contributed by atoms with E-state index < -0.39 is 5.91 Å². The number of hydrogen-bond donors (Lipinski definition) is 3. The average molecular weight is 141 g/mol. The number of amides is 1. The van der Waals surface area contributed by atoms with Gasteiger partial charge in [-0.05, 0) is 0 Å². The molecule has 0 atom stereocenters. The quantitative estimate of drug-likeness (QED) is 0.365. The summed E-state index contributed by atoms with van der Waals surface area (Å²) in [5.74, 6) is -0.264. The number of rotatable bonds is 1. The number of hydrogen-bond acceptors (Lipinski definition) is 3. The van der Waals surface area contributed by atoms with Crippen molar-refractivity contribution < 1.29 is 9.37 Å². The number of primary amides is 1. The molecule has 5 nitrogen and oxygen atoms in total. The van der Waals surface area contributed by atoms with Gasteiger partial charge in [0.15, 0.2) is 5.82 Å². The Morgan fingerprint density at radius 3 is 2.60 bits per heavy atom. The van der Waals surface area contributed by atoms with Gasteiger partial charge in [-0.3, -0.25) is 4.79 Å². The van der Waals surface area contributed by atoms with Crippen molar-refractivity contribution in [1.29, 1.82) is 0 Å². The van der Waals surface area contributed by atoms with Gasteiger partial charge >= 0.3 is 11.6 Å². The molecule has 0 fully saturated rings. The number of carbonyl (C=O) groups is 1. The Bertz CT molecular complexity index is 230. The highest BCUT2D eigenvalue weighted by Crippen LogP contribution is 2.02. The van der Waals surface area contributed by atoms with Crippen LogP contribution in [0.5, 0.6) is 0 Å². The molecular weight excluding hydrogens is 132 g/mol. The molecule has 5 N–H and O–H groups in total. The Labute approximate surface area is 58.0 Å². The van der Waals surface area contributed by atoms with Gasteiger partial charge < -0.3 is 16.8 Å². The molecule has 0 saturated carbocycles. The molecule has 0 aromatic rings.